The molecular formula is C16H12ClN7O. The molecule has 0 saturated heterocycles. The number of carbonyl (C=O) groups is 1. The first kappa shape index (κ1) is 15.3. The maximum absolute atomic E-state index is 12.5. The van der Waals surface area contributed by atoms with Crippen LogP contribution in [-0.2, 0) is 11.3 Å². The van der Waals surface area contributed by atoms with Crippen LogP contribution in [0.5, 0.6) is 0 Å². The zero-order valence-electron chi connectivity index (χ0n) is 12.9. The molecule has 1 amide bonds. The third kappa shape index (κ3) is 3.07. The van der Waals surface area contributed by atoms with Gasteiger partial charge in [0.25, 0.3) is 0 Å². The van der Waals surface area contributed by atoms with Crippen LogP contribution in [0.3, 0.4) is 0 Å². The fraction of sp³-hybridized carbons (Fsp3) is 0.0625. The van der Waals surface area contributed by atoms with E-state index >= 15 is 0 Å². The number of nitrogens with zero attached hydrogens (tertiary/aromatic N) is 6. The highest BCUT2D eigenvalue weighted by molar-refractivity contribution is 6.31. The van der Waals surface area contributed by atoms with Crippen molar-refractivity contribution in [2.75, 3.05) is 5.32 Å². The third-order valence-electron chi connectivity index (χ3n) is 3.61. The molecule has 0 aliphatic carbocycles. The Labute approximate surface area is 147 Å². The number of amides is 1. The lowest BCUT2D eigenvalue weighted by molar-refractivity contribution is -0.116. The third-order valence-corrected chi connectivity index (χ3v) is 3.85. The highest BCUT2D eigenvalue weighted by Crippen LogP contribution is 2.24. The van der Waals surface area contributed by atoms with E-state index in [9.17, 15) is 4.79 Å². The van der Waals surface area contributed by atoms with Gasteiger partial charge in [-0.2, -0.15) is 5.10 Å². The van der Waals surface area contributed by atoms with Crippen LogP contribution in [0.1, 0.15) is 0 Å². The van der Waals surface area contributed by atoms with Crippen molar-refractivity contribution < 1.29 is 4.79 Å². The van der Waals surface area contributed by atoms with Gasteiger partial charge in [0.05, 0.1) is 16.9 Å². The monoisotopic (exact) mass is 353 g/mol. The van der Waals surface area contributed by atoms with E-state index < -0.39 is 0 Å². The minimum absolute atomic E-state index is 0.0316. The maximum atomic E-state index is 12.5. The van der Waals surface area contributed by atoms with Gasteiger partial charge in [0.2, 0.25) is 5.91 Å². The standard InChI is InChI=1S/C16H12ClN7O/c17-11-5-6-15(24-10-18-9-19-24)13(7-11)20-16(25)8-23-14-4-2-1-3-12(14)21-22-23/h1-7,9-10H,8H2,(H,20,25). The molecule has 1 N–H and O–H groups in total. The number of hydrogen-bond acceptors (Lipinski definition) is 5. The molecule has 2 aromatic heterocycles. The Morgan fingerprint density at radius 1 is 1.20 bits per heavy atom. The van der Waals surface area contributed by atoms with Crippen molar-refractivity contribution >= 4 is 34.2 Å². The van der Waals surface area contributed by atoms with Gasteiger partial charge in [-0.25, -0.2) is 14.3 Å². The van der Waals surface area contributed by atoms with E-state index in [-0.39, 0.29) is 12.5 Å². The van der Waals surface area contributed by atoms with Crippen LogP contribution in [0.15, 0.2) is 55.1 Å². The van der Waals surface area contributed by atoms with Crippen LogP contribution in [-0.4, -0.2) is 35.7 Å². The van der Waals surface area contributed by atoms with Gasteiger partial charge in [-0.1, -0.05) is 28.9 Å². The Balaban J connectivity index is 1.60. The van der Waals surface area contributed by atoms with Gasteiger partial charge in [-0.15, -0.1) is 5.10 Å². The predicted molar refractivity (Wildman–Crippen MR) is 92.5 cm³/mol. The normalized spacial score (nSPS) is 10.9. The molecule has 0 unspecified atom stereocenters. The summed E-state index contributed by atoms with van der Waals surface area (Å²) in [5, 5.41) is 15.5. The predicted octanol–water partition coefficient (Wildman–Crippen LogP) is 2.30. The lowest BCUT2D eigenvalue weighted by Crippen LogP contribution is -2.20. The van der Waals surface area contributed by atoms with Crippen molar-refractivity contribution in [1.29, 1.82) is 0 Å². The number of rotatable bonds is 4. The molecular weight excluding hydrogens is 342 g/mol. The number of nitrogens with one attached hydrogen (secondary N) is 1. The summed E-state index contributed by atoms with van der Waals surface area (Å²) in [5.41, 5.74) is 2.73. The minimum atomic E-state index is -0.251. The Hall–Kier alpha value is -3.26. The lowest BCUT2D eigenvalue weighted by atomic mass is 10.2. The van der Waals surface area contributed by atoms with E-state index in [1.54, 1.807) is 33.9 Å². The molecule has 9 heteroatoms. The second-order valence-electron chi connectivity index (χ2n) is 5.29. The van der Waals surface area contributed by atoms with Gasteiger partial charge in [-0.3, -0.25) is 4.79 Å². The van der Waals surface area contributed by atoms with Crippen LogP contribution >= 0.6 is 11.6 Å². The summed E-state index contributed by atoms with van der Waals surface area (Å²) < 4.78 is 3.10. The lowest BCUT2D eigenvalue weighted by Gasteiger charge is -2.11. The highest BCUT2D eigenvalue weighted by atomic mass is 35.5. The van der Waals surface area contributed by atoms with Crippen LogP contribution in [0.2, 0.25) is 5.02 Å². The second kappa shape index (κ2) is 6.33. The van der Waals surface area contributed by atoms with Gasteiger partial charge >= 0.3 is 0 Å². The van der Waals surface area contributed by atoms with Gasteiger partial charge in [-0.05, 0) is 30.3 Å². The fourth-order valence-electron chi connectivity index (χ4n) is 2.50. The first-order valence-corrected chi connectivity index (χ1v) is 7.81. The zero-order valence-corrected chi connectivity index (χ0v) is 13.6. The fourth-order valence-corrected chi connectivity index (χ4v) is 2.67. The number of benzene rings is 2. The Kier molecular flexibility index (Phi) is 3.87. The Bertz CT molecular complexity index is 1040. The van der Waals surface area contributed by atoms with Crippen molar-refractivity contribution in [1.82, 2.24) is 29.8 Å². The number of fused-ring (bicyclic) bond motifs is 1. The summed E-state index contributed by atoms with van der Waals surface area (Å²) in [4.78, 5) is 16.4. The molecule has 0 atom stereocenters. The number of halogens is 1. The molecule has 2 heterocycles. The number of para-hydroxylation sites is 1. The summed E-state index contributed by atoms with van der Waals surface area (Å²) in [5.74, 6) is -0.251. The van der Waals surface area contributed by atoms with Crippen molar-refractivity contribution in [3.63, 3.8) is 0 Å². The van der Waals surface area contributed by atoms with E-state index in [1.807, 2.05) is 24.3 Å². The first-order chi connectivity index (χ1) is 12.2. The van der Waals surface area contributed by atoms with Crippen LogP contribution in [0.4, 0.5) is 5.69 Å². The van der Waals surface area contributed by atoms with E-state index in [4.69, 9.17) is 11.6 Å². The van der Waals surface area contributed by atoms with Gasteiger partial charge in [0, 0.05) is 5.02 Å². The highest BCUT2D eigenvalue weighted by Gasteiger charge is 2.12. The second-order valence-corrected chi connectivity index (χ2v) is 5.72. The molecule has 0 aliphatic heterocycles. The number of hydrogen-bond donors (Lipinski definition) is 1. The van der Waals surface area contributed by atoms with E-state index in [0.717, 1.165) is 11.0 Å². The number of carbonyl (C=O) groups excluding carboxylic acids is 1. The van der Waals surface area contributed by atoms with Crippen LogP contribution in [0, 0.1) is 0 Å². The summed E-state index contributed by atoms with van der Waals surface area (Å²) in [6, 6.07) is 12.6. The summed E-state index contributed by atoms with van der Waals surface area (Å²) in [6.45, 7) is 0.0316. The average Bonchev–Trinajstić information content (AvgIpc) is 3.26. The topological polar surface area (TPSA) is 90.5 Å². The van der Waals surface area contributed by atoms with Gasteiger partial charge in [0.15, 0.2) is 0 Å². The maximum Gasteiger partial charge on any atom is 0.246 e. The SMILES string of the molecule is O=C(Cn1nnc2ccccc21)Nc1cc(Cl)ccc1-n1cncn1. The number of anilines is 1. The van der Waals surface area contributed by atoms with E-state index in [2.05, 4.69) is 25.7 Å². The smallest absolute Gasteiger partial charge is 0.246 e. The summed E-state index contributed by atoms with van der Waals surface area (Å²) >= 11 is 6.06. The summed E-state index contributed by atoms with van der Waals surface area (Å²) in [7, 11) is 0. The molecule has 0 aliphatic rings. The van der Waals surface area contributed by atoms with Crippen molar-refractivity contribution in [2.24, 2.45) is 0 Å². The molecule has 0 fully saturated rings. The van der Waals surface area contributed by atoms with Crippen LogP contribution in [0.25, 0.3) is 16.7 Å². The molecule has 4 rings (SSSR count). The molecule has 0 bridgehead atoms. The molecule has 2 aromatic carbocycles. The molecule has 0 radical (unpaired) electrons. The number of aromatic nitrogens is 6. The molecule has 0 spiro atoms. The molecule has 4 aromatic rings. The van der Waals surface area contributed by atoms with Crippen molar-refractivity contribution in [2.45, 2.75) is 6.54 Å². The molecule has 25 heavy (non-hydrogen) atoms. The Morgan fingerprint density at radius 2 is 2.08 bits per heavy atom. The van der Waals surface area contributed by atoms with E-state index in [0.29, 0.717) is 16.4 Å². The van der Waals surface area contributed by atoms with E-state index in [1.165, 1.54) is 6.33 Å². The largest absolute Gasteiger partial charge is 0.323 e. The molecule has 8 nitrogen and oxygen atoms in total. The van der Waals surface area contributed by atoms with Crippen LogP contribution < -0.4 is 5.32 Å². The van der Waals surface area contributed by atoms with Gasteiger partial charge < -0.3 is 5.32 Å². The van der Waals surface area contributed by atoms with Gasteiger partial charge in [0.1, 0.15) is 24.7 Å². The van der Waals surface area contributed by atoms with Crippen molar-refractivity contribution in [3.05, 3.63) is 60.1 Å². The quantitative estimate of drug-likeness (QED) is 0.608. The molecule has 0 saturated carbocycles. The average molecular weight is 354 g/mol. The summed E-state index contributed by atoms with van der Waals surface area (Å²) in [6.07, 6.45) is 2.96. The zero-order chi connectivity index (χ0) is 17.2. The molecule has 124 valence electrons. The Morgan fingerprint density at radius 3 is 2.92 bits per heavy atom. The van der Waals surface area contributed by atoms with Crippen molar-refractivity contribution in [3.8, 4) is 5.69 Å². The minimum Gasteiger partial charge on any atom is -0.323 e. The first-order valence-electron chi connectivity index (χ1n) is 7.43.